The van der Waals surface area contributed by atoms with Gasteiger partial charge in [-0.2, -0.15) is 0 Å². The summed E-state index contributed by atoms with van der Waals surface area (Å²) in [5.74, 6) is 0.957. The number of anilines is 1. The molecule has 4 rings (SSSR count). The molecule has 11 heteroatoms. The van der Waals surface area contributed by atoms with Crippen LogP contribution < -0.4 is 9.64 Å². The van der Waals surface area contributed by atoms with Crippen molar-refractivity contribution in [3.8, 4) is 5.88 Å². The first kappa shape index (κ1) is 21.6. The number of carbonyl (C=O) groups excluding carboxylic acids is 1. The van der Waals surface area contributed by atoms with Crippen molar-refractivity contribution in [2.45, 2.75) is 26.4 Å². The number of allylic oxidation sites excluding steroid dienone is 6. The van der Waals surface area contributed by atoms with Crippen molar-refractivity contribution in [1.82, 2.24) is 30.1 Å². The van der Waals surface area contributed by atoms with E-state index in [2.05, 4.69) is 20.5 Å². The summed E-state index contributed by atoms with van der Waals surface area (Å²) in [7, 11) is 1.78. The van der Waals surface area contributed by atoms with E-state index < -0.39 is 6.43 Å². The van der Waals surface area contributed by atoms with Gasteiger partial charge in [0.15, 0.2) is 5.82 Å². The maximum absolute atomic E-state index is 13.0. The van der Waals surface area contributed by atoms with Gasteiger partial charge >= 0.3 is 0 Å². The zero-order valence-corrected chi connectivity index (χ0v) is 17.8. The van der Waals surface area contributed by atoms with Crippen LogP contribution in [0.15, 0.2) is 42.0 Å². The largest absolute Gasteiger partial charge is 0.470 e. The van der Waals surface area contributed by atoms with E-state index in [9.17, 15) is 13.6 Å². The van der Waals surface area contributed by atoms with E-state index in [-0.39, 0.29) is 24.6 Å². The number of halogens is 2. The maximum Gasteiger partial charge on any atom is 0.263 e. The first-order chi connectivity index (χ1) is 15.4. The van der Waals surface area contributed by atoms with E-state index in [1.807, 2.05) is 4.90 Å². The quantitative estimate of drug-likeness (QED) is 0.676. The number of aryl methyl sites for hydroxylation is 1. The molecule has 0 atom stereocenters. The van der Waals surface area contributed by atoms with Gasteiger partial charge < -0.3 is 14.5 Å². The van der Waals surface area contributed by atoms with Crippen LogP contribution in [0.2, 0.25) is 0 Å². The first-order valence-electron chi connectivity index (χ1n) is 10.2. The summed E-state index contributed by atoms with van der Waals surface area (Å²) < 4.78 is 33.3. The Balaban J connectivity index is 1.43. The van der Waals surface area contributed by atoms with Crippen molar-refractivity contribution >= 4 is 17.4 Å². The molecule has 2 aromatic rings. The van der Waals surface area contributed by atoms with E-state index in [0.717, 1.165) is 0 Å². The van der Waals surface area contributed by atoms with Crippen molar-refractivity contribution in [3.63, 3.8) is 0 Å². The molecule has 0 spiro atoms. The van der Waals surface area contributed by atoms with Gasteiger partial charge in [0.05, 0.1) is 17.9 Å². The third-order valence-electron chi connectivity index (χ3n) is 5.35. The topological polar surface area (TPSA) is 89.3 Å². The van der Waals surface area contributed by atoms with Crippen molar-refractivity contribution in [1.29, 1.82) is 0 Å². The average molecular weight is 443 g/mol. The highest BCUT2D eigenvalue weighted by atomic mass is 19.3. The highest BCUT2D eigenvalue weighted by Gasteiger charge is 2.22. The summed E-state index contributed by atoms with van der Waals surface area (Å²) in [6.07, 6.45) is 4.11. The van der Waals surface area contributed by atoms with Crippen molar-refractivity contribution in [3.05, 3.63) is 53.4 Å². The zero-order valence-electron chi connectivity index (χ0n) is 17.8. The standard InChI is InChI=1S/C21H23F2N7O2/c1-14-17(30(27-24-14)16-5-3-4-15(6-7-16)21(22)23)13-32-19-9-8-18(25-26-19)29-11-10-28(2)20(31)12-29/h4-9,21H,3,10-13H2,1-2H3. The van der Waals surface area contributed by atoms with Crippen LogP contribution in [0.1, 0.15) is 17.8 Å². The number of aromatic nitrogens is 5. The number of amides is 1. The number of rotatable bonds is 6. The van der Waals surface area contributed by atoms with Crippen molar-refractivity contribution in [2.24, 2.45) is 0 Å². The second kappa shape index (κ2) is 9.25. The molecule has 1 amide bonds. The number of piperazine rings is 1. The number of hydrogen-bond acceptors (Lipinski definition) is 7. The second-order valence-electron chi connectivity index (χ2n) is 7.49. The SMILES string of the molecule is Cc1nnn(C2=CCC=C(C(F)F)C=C2)c1COc1ccc(N2CCN(C)C(=O)C2)nn1. The molecule has 1 fully saturated rings. The van der Waals surface area contributed by atoms with Gasteiger partial charge in [-0.3, -0.25) is 4.79 Å². The van der Waals surface area contributed by atoms with Crippen LogP contribution in [0.4, 0.5) is 14.6 Å². The van der Waals surface area contributed by atoms with Gasteiger partial charge in [-0.1, -0.05) is 23.4 Å². The number of nitrogens with zero attached hydrogens (tertiary/aromatic N) is 7. The zero-order chi connectivity index (χ0) is 22.7. The second-order valence-corrected chi connectivity index (χ2v) is 7.49. The van der Waals surface area contributed by atoms with Gasteiger partial charge in [0.2, 0.25) is 11.8 Å². The van der Waals surface area contributed by atoms with Crippen LogP contribution in [0.25, 0.3) is 5.70 Å². The van der Waals surface area contributed by atoms with Crippen LogP contribution >= 0.6 is 0 Å². The normalized spacial score (nSPS) is 16.8. The number of ether oxygens (including phenoxy) is 1. The molecule has 0 bridgehead atoms. The van der Waals surface area contributed by atoms with Crippen LogP contribution in [0.5, 0.6) is 5.88 Å². The van der Waals surface area contributed by atoms with E-state index in [4.69, 9.17) is 4.74 Å². The lowest BCUT2D eigenvalue weighted by atomic mass is 10.2. The number of likely N-dealkylation sites (N-methyl/N-ethyl adjacent to an activating group) is 1. The molecule has 0 saturated carbocycles. The lowest BCUT2D eigenvalue weighted by molar-refractivity contribution is -0.129. The summed E-state index contributed by atoms with van der Waals surface area (Å²) in [4.78, 5) is 15.4. The minimum atomic E-state index is -2.52. The predicted octanol–water partition coefficient (Wildman–Crippen LogP) is 2.23. The Morgan fingerprint density at radius 3 is 2.69 bits per heavy atom. The summed E-state index contributed by atoms with van der Waals surface area (Å²) in [5.41, 5.74) is 1.95. The lowest BCUT2D eigenvalue weighted by Gasteiger charge is -2.32. The molecule has 9 nitrogen and oxygen atoms in total. The Bertz CT molecular complexity index is 1080. The molecule has 1 saturated heterocycles. The fourth-order valence-electron chi connectivity index (χ4n) is 3.36. The van der Waals surface area contributed by atoms with Crippen LogP contribution in [-0.4, -0.2) is 69.1 Å². The Hall–Kier alpha value is -3.63. The van der Waals surface area contributed by atoms with Gasteiger partial charge in [0.25, 0.3) is 6.43 Å². The Morgan fingerprint density at radius 2 is 1.97 bits per heavy atom. The molecule has 0 radical (unpaired) electrons. The van der Waals surface area contributed by atoms with Crippen LogP contribution in [0, 0.1) is 6.92 Å². The van der Waals surface area contributed by atoms with Gasteiger partial charge in [-0.05, 0) is 25.5 Å². The minimum Gasteiger partial charge on any atom is -0.470 e. The molecule has 0 unspecified atom stereocenters. The average Bonchev–Trinajstić information content (AvgIpc) is 2.98. The lowest BCUT2D eigenvalue weighted by Crippen LogP contribution is -2.48. The Labute approximate surface area is 183 Å². The predicted molar refractivity (Wildman–Crippen MR) is 113 cm³/mol. The van der Waals surface area contributed by atoms with Crippen LogP contribution in [0.3, 0.4) is 0 Å². The monoisotopic (exact) mass is 443 g/mol. The fourth-order valence-corrected chi connectivity index (χ4v) is 3.36. The van der Waals surface area contributed by atoms with E-state index in [0.29, 0.717) is 48.3 Å². The van der Waals surface area contributed by atoms with E-state index in [1.54, 1.807) is 47.8 Å². The Morgan fingerprint density at radius 1 is 1.12 bits per heavy atom. The first-order valence-corrected chi connectivity index (χ1v) is 10.2. The molecule has 1 aliphatic carbocycles. The highest BCUT2D eigenvalue weighted by Crippen LogP contribution is 2.22. The molecular formula is C21H23F2N7O2. The summed E-state index contributed by atoms with van der Waals surface area (Å²) in [6, 6.07) is 3.45. The van der Waals surface area contributed by atoms with Crippen molar-refractivity contribution < 1.29 is 18.3 Å². The summed E-state index contributed by atoms with van der Waals surface area (Å²) in [6.45, 7) is 3.51. The molecule has 2 aliphatic rings. The summed E-state index contributed by atoms with van der Waals surface area (Å²) >= 11 is 0. The van der Waals surface area contributed by atoms with Crippen molar-refractivity contribution in [2.75, 3.05) is 31.6 Å². The smallest absolute Gasteiger partial charge is 0.263 e. The minimum absolute atomic E-state index is 0.0247. The third kappa shape index (κ3) is 4.66. The van der Waals surface area contributed by atoms with E-state index >= 15 is 0 Å². The van der Waals surface area contributed by atoms with Crippen LogP contribution in [-0.2, 0) is 11.4 Å². The number of carbonyl (C=O) groups is 1. The summed E-state index contributed by atoms with van der Waals surface area (Å²) in [5, 5.41) is 16.5. The molecule has 3 heterocycles. The molecule has 2 aromatic heterocycles. The molecular weight excluding hydrogens is 420 g/mol. The van der Waals surface area contributed by atoms with Gasteiger partial charge in [0.1, 0.15) is 12.3 Å². The molecule has 0 N–H and O–H groups in total. The van der Waals surface area contributed by atoms with Gasteiger partial charge in [-0.15, -0.1) is 15.3 Å². The van der Waals surface area contributed by atoms with Gasteiger partial charge in [0, 0.05) is 31.8 Å². The highest BCUT2D eigenvalue weighted by molar-refractivity contribution is 5.82. The molecule has 0 aromatic carbocycles. The molecule has 1 aliphatic heterocycles. The van der Waals surface area contributed by atoms with E-state index in [1.165, 1.54) is 12.2 Å². The fraction of sp³-hybridized carbons (Fsp3) is 0.381. The molecule has 168 valence electrons. The third-order valence-corrected chi connectivity index (χ3v) is 5.35. The number of alkyl halides is 2. The molecule has 32 heavy (non-hydrogen) atoms. The van der Waals surface area contributed by atoms with Gasteiger partial charge in [-0.25, -0.2) is 13.5 Å². The number of hydrogen-bond donors (Lipinski definition) is 0. The Kier molecular flexibility index (Phi) is 6.24. The maximum atomic E-state index is 13.0.